The Morgan fingerprint density at radius 3 is 2.32 bits per heavy atom. The van der Waals surface area contributed by atoms with Crippen LogP contribution in [0.2, 0.25) is 0 Å². The van der Waals surface area contributed by atoms with Gasteiger partial charge in [-0.2, -0.15) is 13.2 Å². The number of amides is 2. The van der Waals surface area contributed by atoms with E-state index >= 15 is 0 Å². The van der Waals surface area contributed by atoms with Gasteiger partial charge in [0.05, 0.1) is 5.56 Å². The molecule has 172 valence electrons. The second-order valence-corrected chi connectivity index (χ2v) is 8.41. The number of pyridine rings is 1. The van der Waals surface area contributed by atoms with Crippen LogP contribution in [0.3, 0.4) is 0 Å². The number of likely N-dealkylation sites (N-methyl/N-ethyl adjacent to an activating group) is 1. The molecule has 1 aromatic heterocycles. The number of aromatic nitrogens is 1. The van der Waals surface area contributed by atoms with E-state index in [1.165, 1.54) is 6.07 Å². The number of hydrogen-bond donors (Lipinski definition) is 1. The average Bonchev–Trinajstić information content (AvgIpc) is 2.77. The van der Waals surface area contributed by atoms with Crippen LogP contribution in [0.5, 0.6) is 0 Å². The second-order valence-electron chi connectivity index (χ2n) is 8.41. The first-order valence-electron chi connectivity index (χ1n) is 10.7. The lowest BCUT2D eigenvalue weighted by Gasteiger charge is -2.44. The van der Waals surface area contributed by atoms with Crippen LogP contribution in [0.1, 0.15) is 32.3 Å². The molecule has 0 radical (unpaired) electrons. The Hall–Kier alpha value is -2.36. The molecule has 0 aromatic carbocycles. The standard InChI is InChI=1S/C21H30F3N5O2/c1-14(2)28-10-11-29(17(13-28)19(30)25-3)20(31)15-6-8-27(9-7-15)18-5-4-16(12-26-18)21(22,23)24/h4-5,12,14-15,17H,6-11,13H2,1-3H3,(H,25,30)/t17-/m1/s1. The summed E-state index contributed by atoms with van der Waals surface area (Å²) in [5, 5.41) is 2.67. The van der Waals surface area contributed by atoms with E-state index in [0.29, 0.717) is 50.9 Å². The van der Waals surface area contributed by atoms with Gasteiger partial charge in [0.25, 0.3) is 0 Å². The molecule has 1 N–H and O–H groups in total. The molecule has 31 heavy (non-hydrogen) atoms. The average molecular weight is 441 g/mol. The van der Waals surface area contributed by atoms with E-state index in [1.54, 1.807) is 11.9 Å². The molecule has 0 spiro atoms. The number of halogens is 3. The first kappa shape index (κ1) is 23.3. The number of alkyl halides is 3. The van der Waals surface area contributed by atoms with Crippen molar-refractivity contribution in [3.8, 4) is 0 Å². The minimum absolute atomic E-state index is 0.0166. The minimum atomic E-state index is -4.41. The van der Waals surface area contributed by atoms with Gasteiger partial charge in [-0.1, -0.05) is 0 Å². The van der Waals surface area contributed by atoms with Crippen molar-refractivity contribution in [2.75, 3.05) is 44.7 Å². The third-order valence-corrected chi connectivity index (χ3v) is 6.22. The summed E-state index contributed by atoms with van der Waals surface area (Å²) in [6, 6.07) is 2.19. The van der Waals surface area contributed by atoms with E-state index in [-0.39, 0.29) is 17.7 Å². The molecule has 3 rings (SSSR count). The van der Waals surface area contributed by atoms with Crippen LogP contribution in [-0.2, 0) is 15.8 Å². The minimum Gasteiger partial charge on any atom is -0.357 e. The van der Waals surface area contributed by atoms with Gasteiger partial charge in [-0.15, -0.1) is 0 Å². The Morgan fingerprint density at radius 1 is 1.13 bits per heavy atom. The highest BCUT2D eigenvalue weighted by Gasteiger charge is 2.39. The Morgan fingerprint density at radius 2 is 1.81 bits per heavy atom. The van der Waals surface area contributed by atoms with Gasteiger partial charge in [-0.3, -0.25) is 14.5 Å². The molecule has 2 aliphatic rings. The zero-order chi connectivity index (χ0) is 22.8. The van der Waals surface area contributed by atoms with Crippen molar-refractivity contribution in [3.05, 3.63) is 23.9 Å². The fraction of sp³-hybridized carbons (Fsp3) is 0.667. The van der Waals surface area contributed by atoms with E-state index in [2.05, 4.69) is 29.0 Å². The van der Waals surface area contributed by atoms with Crippen LogP contribution < -0.4 is 10.2 Å². The first-order chi connectivity index (χ1) is 14.6. The molecule has 2 aliphatic heterocycles. The number of nitrogens with zero attached hydrogens (tertiary/aromatic N) is 4. The lowest BCUT2D eigenvalue weighted by atomic mass is 9.93. The van der Waals surface area contributed by atoms with E-state index in [4.69, 9.17) is 0 Å². The van der Waals surface area contributed by atoms with Crippen LogP contribution in [0.15, 0.2) is 18.3 Å². The molecule has 2 amide bonds. The third kappa shape index (κ3) is 5.28. The molecule has 3 heterocycles. The highest BCUT2D eigenvalue weighted by molar-refractivity contribution is 5.89. The number of rotatable bonds is 4. The van der Waals surface area contributed by atoms with Crippen LogP contribution >= 0.6 is 0 Å². The summed E-state index contributed by atoms with van der Waals surface area (Å²) in [7, 11) is 1.58. The summed E-state index contributed by atoms with van der Waals surface area (Å²) in [4.78, 5) is 35.4. The van der Waals surface area contributed by atoms with Gasteiger partial charge >= 0.3 is 6.18 Å². The van der Waals surface area contributed by atoms with Crippen LogP contribution in [0.4, 0.5) is 19.0 Å². The van der Waals surface area contributed by atoms with E-state index in [9.17, 15) is 22.8 Å². The van der Waals surface area contributed by atoms with Gasteiger partial charge in [0, 0.05) is 57.9 Å². The normalized spacial score (nSPS) is 21.5. The molecule has 2 saturated heterocycles. The number of piperidine rings is 1. The number of anilines is 1. The van der Waals surface area contributed by atoms with E-state index < -0.39 is 17.8 Å². The molecule has 7 nitrogen and oxygen atoms in total. The molecule has 10 heteroatoms. The fourth-order valence-corrected chi connectivity index (χ4v) is 4.26. The number of piperazine rings is 1. The molecular weight excluding hydrogens is 411 g/mol. The first-order valence-corrected chi connectivity index (χ1v) is 10.7. The van der Waals surface area contributed by atoms with Crippen molar-refractivity contribution in [1.29, 1.82) is 0 Å². The van der Waals surface area contributed by atoms with Crippen LogP contribution in [-0.4, -0.2) is 78.5 Å². The summed E-state index contributed by atoms with van der Waals surface area (Å²) < 4.78 is 38.2. The molecular formula is C21H30F3N5O2. The highest BCUT2D eigenvalue weighted by atomic mass is 19.4. The monoisotopic (exact) mass is 441 g/mol. The van der Waals surface area contributed by atoms with Gasteiger partial charge in [0.1, 0.15) is 11.9 Å². The third-order valence-electron chi connectivity index (χ3n) is 6.22. The molecule has 1 aromatic rings. The van der Waals surface area contributed by atoms with Gasteiger partial charge in [0.15, 0.2) is 0 Å². The summed E-state index contributed by atoms with van der Waals surface area (Å²) in [6.07, 6.45) is -2.42. The highest BCUT2D eigenvalue weighted by Crippen LogP contribution is 2.30. The topological polar surface area (TPSA) is 68.8 Å². The fourth-order valence-electron chi connectivity index (χ4n) is 4.26. The van der Waals surface area contributed by atoms with Crippen molar-refractivity contribution < 1.29 is 22.8 Å². The van der Waals surface area contributed by atoms with Crippen LogP contribution in [0.25, 0.3) is 0 Å². The van der Waals surface area contributed by atoms with Crippen LogP contribution in [0, 0.1) is 5.92 Å². The molecule has 2 fully saturated rings. The van der Waals surface area contributed by atoms with Crippen molar-refractivity contribution in [2.45, 2.75) is 44.9 Å². The van der Waals surface area contributed by atoms with Gasteiger partial charge in [-0.25, -0.2) is 4.98 Å². The molecule has 0 saturated carbocycles. The maximum absolute atomic E-state index is 13.2. The molecule has 0 aliphatic carbocycles. The number of hydrogen-bond acceptors (Lipinski definition) is 5. The zero-order valence-electron chi connectivity index (χ0n) is 18.2. The zero-order valence-corrected chi connectivity index (χ0v) is 18.2. The Bertz CT molecular complexity index is 776. The second kappa shape index (κ2) is 9.42. The number of carbonyl (C=O) groups excluding carboxylic acids is 2. The molecule has 0 unspecified atom stereocenters. The lowest BCUT2D eigenvalue weighted by Crippen LogP contribution is -2.62. The molecule has 1 atom stereocenters. The Balaban J connectivity index is 1.62. The summed E-state index contributed by atoms with van der Waals surface area (Å²) >= 11 is 0. The predicted octanol–water partition coefficient (Wildman–Crippen LogP) is 1.98. The lowest BCUT2D eigenvalue weighted by molar-refractivity contribution is -0.148. The number of carbonyl (C=O) groups is 2. The predicted molar refractivity (Wildman–Crippen MR) is 110 cm³/mol. The van der Waals surface area contributed by atoms with Gasteiger partial charge in [-0.05, 0) is 38.8 Å². The smallest absolute Gasteiger partial charge is 0.357 e. The maximum Gasteiger partial charge on any atom is 0.417 e. The quantitative estimate of drug-likeness (QED) is 0.774. The summed E-state index contributed by atoms with van der Waals surface area (Å²) in [5.41, 5.74) is -0.776. The van der Waals surface area contributed by atoms with E-state index in [1.807, 2.05) is 4.90 Å². The van der Waals surface area contributed by atoms with Gasteiger partial charge < -0.3 is 15.1 Å². The largest absolute Gasteiger partial charge is 0.417 e. The van der Waals surface area contributed by atoms with Crippen molar-refractivity contribution in [1.82, 2.24) is 20.1 Å². The molecule has 0 bridgehead atoms. The summed E-state index contributed by atoms with van der Waals surface area (Å²) in [6.45, 7) is 6.96. The maximum atomic E-state index is 13.2. The van der Waals surface area contributed by atoms with E-state index in [0.717, 1.165) is 18.8 Å². The SMILES string of the molecule is CNC(=O)[C@H]1CN(C(C)C)CCN1C(=O)C1CCN(c2ccc(C(F)(F)F)cn2)CC1. The van der Waals surface area contributed by atoms with Crippen molar-refractivity contribution in [2.24, 2.45) is 5.92 Å². The Labute approximate surface area is 180 Å². The van der Waals surface area contributed by atoms with Crippen molar-refractivity contribution in [3.63, 3.8) is 0 Å². The Kier molecular flexibility index (Phi) is 7.08. The van der Waals surface area contributed by atoms with Crippen molar-refractivity contribution >= 4 is 17.6 Å². The van der Waals surface area contributed by atoms with Gasteiger partial charge in [0.2, 0.25) is 11.8 Å². The summed E-state index contributed by atoms with van der Waals surface area (Å²) in [5.74, 6) is 0.0956. The number of nitrogens with one attached hydrogen (secondary N) is 1.